The molecule has 0 heterocycles. The van der Waals surface area contributed by atoms with Crippen LogP contribution in [0.15, 0.2) is 12.1 Å². The Morgan fingerprint density at radius 2 is 1.89 bits per heavy atom. The fourth-order valence-corrected chi connectivity index (χ4v) is 1.76. The van der Waals surface area contributed by atoms with E-state index >= 15 is 0 Å². The maximum Gasteiger partial charge on any atom is 0.237 e. The van der Waals surface area contributed by atoms with E-state index in [2.05, 4.69) is 5.32 Å². The quantitative estimate of drug-likeness (QED) is 0.806. The number of methoxy groups -OCH3 is 2. The molecular formula is C13H20N2O3. The number of likely N-dealkylation sites (N-methyl/N-ethyl adjacent to an activating group) is 1. The number of rotatable bonds is 5. The fraction of sp³-hybridized carbons (Fsp3) is 0.462. The van der Waals surface area contributed by atoms with E-state index in [0.717, 1.165) is 11.1 Å². The lowest BCUT2D eigenvalue weighted by atomic mass is 10.00. The van der Waals surface area contributed by atoms with Crippen molar-refractivity contribution in [3.63, 3.8) is 0 Å². The Morgan fingerprint density at radius 1 is 1.33 bits per heavy atom. The van der Waals surface area contributed by atoms with Gasteiger partial charge < -0.3 is 20.5 Å². The molecule has 5 nitrogen and oxygen atoms in total. The van der Waals surface area contributed by atoms with Crippen LogP contribution in [0.1, 0.15) is 11.1 Å². The summed E-state index contributed by atoms with van der Waals surface area (Å²) in [6.45, 7) is 1.95. The van der Waals surface area contributed by atoms with Gasteiger partial charge in [-0.25, -0.2) is 0 Å². The maximum absolute atomic E-state index is 11.4. The normalized spacial score (nSPS) is 11.8. The molecule has 1 rings (SSSR count). The van der Waals surface area contributed by atoms with Gasteiger partial charge in [0.1, 0.15) is 0 Å². The zero-order chi connectivity index (χ0) is 13.7. The summed E-state index contributed by atoms with van der Waals surface area (Å²) in [4.78, 5) is 11.4. The van der Waals surface area contributed by atoms with Gasteiger partial charge in [0.25, 0.3) is 0 Å². The van der Waals surface area contributed by atoms with Crippen molar-refractivity contribution in [3.8, 4) is 11.5 Å². The topological polar surface area (TPSA) is 73.6 Å². The summed E-state index contributed by atoms with van der Waals surface area (Å²) in [6, 6.07) is 3.17. The third kappa shape index (κ3) is 3.13. The van der Waals surface area contributed by atoms with E-state index in [-0.39, 0.29) is 5.91 Å². The van der Waals surface area contributed by atoms with Crippen LogP contribution < -0.4 is 20.5 Å². The first-order chi connectivity index (χ1) is 8.53. The lowest BCUT2D eigenvalue weighted by molar-refractivity contribution is -0.121. The van der Waals surface area contributed by atoms with Gasteiger partial charge in [0.2, 0.25) is 5.91 Å². The van der Waals surface area contributed by atoms with Crippen molar-refractivity contribution in [3.05, 3.63) is 23.3 Å². The van der Waals surface area contributed by atoms with Crippen LogP contribution in [0.5, 0.6) is 11.5 Å². The SMILES string of the molecule is CNC(=O)C(N)Cc1cc(OC)c(OC)cc1C. The van der Waals surface area contributed by atoms with Gasteiger partial charge in [0, 0.05) is 7.05 Å². The van der Waals surface area contributed by atoms with Crippen molar-refractivity contribution in [1.82, 2.24) is 5.32 Å². The van der Waals surface area contributed by atoms with Crippen LogP contribution in [0, 0.1) is 6.92 Å². The standard InChI is InChI=1S/C13H20N2O3/c1-8-5-11(17-3)12(18-4)7-9(8)6-10(14)13(16)15-2/h5,7,10H,6,14H2,1-4H3,(H,15,16). The van der Waals surface area contributed by atoms with Gasteiger partial charge in [0.05, 0.1) is 20.3 Å². The van der Waals surface area contributed by atoms with Crippen molar-refractivity contribution in [1.29, 1.82) is 0 Å². The smallest absolute Gasteiger partial charge is 0.237 e. The number of carbonyl (C=O) groups excluding carboxylic acids is 1. The molecule has 5 heteroatoms. The summed E-state index contributed by atoms with van der Waals surface area (Å²) in [6.07, 6.45) is 0.464. The highest BCUT2D eigenvalue weighted by atomic mass is 16.5. The molecule has 0 saturated carbocycles. The Balaban J connectivity index is 2.99. The molecule has 0 bridgehead atoms. The monoisotopic (exact) mass is 252 g/mol. The molecule has 1 atom stereocenters. The second kappa shape index (κ2) is 6.26. The molecule has 0 aliphatic carbocycles. The van der Waals surface area contributed by atoms with Gasteiger partial charge in [-0.15, -0.1) is 0 Å². The van der Waals surface area contributed by atoms with Crippen molar-refractivity contribution >= 4 is 5.91 Å². The van der Waals surface area contributed by atoms with Crippen LogP contribution in [0.2, 0.25) is 0 Å². The van der Waals surface area contributed by atoms with E-state index in [1.165, 1.54) is 0 Å². The highest BCUT2D eigenvalue weighted by molar-refractivity contribution is 5.81. The second-order valence-electron chi connectivity index (χ2n) is 4.06. The lowest BCUT2D eigenvalue weighted by Crippen LogP contribution is -2.40. The number of benzene rings is 1. The van der Waals surface area contributed by atoms with Gasteiger partial charge in [-0.3, -0.25) is 4.79 Å². The minimum Gasteiger partial charge on any atom is -0.493 e. The Hall–Kier alpha value is -1.75. The Labute approximate surface area is 107 Å². The number of ether oxygens (including phenoxy) is 2. The van der Waals surface area contributed by atoms with Gasteiger partial charge in [0.15, 0.2) is 11.5 Å². The van der Waals surface area contributed by atoms with Crippen LogP contribution in [-0.4, -0.2) is 33.2 Å². The average molecular weight is 252 g/mol. The number of aryl methyl sites for hydroxylation is 1. The molecule has 0 aliphatic rings. The molecule has 1 unspecified atom stereocenters. The van der Waals surface area contributed by atoms with Crippen LogP contribution in [0.25, 0.3) is 0 Å². The van der Waals surface area contributed by atoms with Crippen LogP contribution in [0.3, 0.4) is 0 Å². The molecule has 0 spiro atoms. The number of hydrogen-bond acceptors (Lipinski definition) is 4. The summed E-state index contributed by atoms with van der Waals surface area (Å²) in [7, 11) is 4.74. The molecule has 0 saturated heterocycles. The molecule has 0 aromatic heterocycles. The van der Waals surface area contributed by atoms with Crippen molar-refractivity contribution < 1.29 is 14.3 Å². The largest absolute Gasteiger partial charge is 0.493 e. The van der Waals surface area contributed by atoms with Crippen molar-refractivity contribution in [2.75, 3.05) is 21.3 Å². The minimum atomic E-state index is -0.563. The number of amides is 1. The number of nitrogens with one attached hydrogen (secondary N) is 1. The third-order valence-corrected chi connectivity index (χ3v) is 2.87. The van der Waals surface area contributed by atoms with Gasteiger partial charge >= 0.3 is 0 Å². The van der Waals surface area contributed by atoms with Gasteiger partial charge in [-0.2, -0.15) is 0 Å². The summed E-state index contributed by atoms with van der Waals surface area (Å²) in [5, 5.41) is 2.54. The van der Waals surface area contributed by atoms with Crippen LogP contribution in [0.4, 0.5) is 0 Å². The van der Waals surface area contributed by atoms with Gasteiger partial charge in [-0.05, 0) is 36.6 Å². The molecule has 0 radical (unpaired) electrons. The van der Waals surface area contributed by atoms with E-state index in [9.17, 15) is 4.79 Å². The summed E-state index contributed by atoms with van der Waals surface area (Å²) < 4.78 is 10.4. The number of carbonyl (C=O) groups is 1. The first kappa shape index (κ1) is 14.3. The zero-order valence-corrected chi connectivity index (χ0v) is 11.2. The molecule has 100 valence electrons. The predicted molar refractivity (Wildman–Crippen MR) is 70.0 cm³/mol. The maximum atomic E-state index is 11.4. The Bertz CT molecular complexity index is 432. The molecule has 18 heavy (non-hydrogen) atoms. The van der Waals surface area contributed by atoms with Crippen LogP contribution in [-0.2, 0) is 11.2 Å². The summed E-state index contributed by atoms with van der Waals surface area (Å²) >= 11 is 0. The van der Waals surface area contributed by atoms with E-state index in [0.29, 0.717) is 17.9 Å². The fourth-order valence-electron chi connectivity index (χ4n) is 1.76. The van der Waals surface area contributed by atoms with Crippen molar-refractivity contribution in [2.24, 2.45) is 5.73 Å². The van der Waals surface area contributed by atoms with E-state index in [1.807, 2.05) is 19.1 Å². The lowest BCUT2D eigenvalue weighted by Gasteiger charge is -2.15. The molecule has 0 fully saturated rings. The molecule has 0 aliphatic heterocycles. The first-order valence-electron chi connectivity index (χ1n) is 5.72. The van der Waals surface area contributed by atoms with Gasteiger partial charge in [-0.1, -0.05) is 0 Å². The Morgan fingerprint density at radius 3 is 2.39 bits per heavy atom. The highest BCUT2D eigenvalue weighted by Gasteiger charge is 2.15. The zero-order valence-electron chi connectivity index (χ0n) is 11.2. The average Bonchev–Trinajstić information content (AvgIpc) is 2.39. The predicted octanol–water partition coefficient (Wildman–Crippen LogP) is 0.628. The minimum absolute atomic E-state index is 0.177. The number of nitrogens with two attached hydrogens (primary N) is 1. The molecule has 1 aromatic carbocycles. The second-order valence-corrected chi connectivity index (χ2v) is 4.06. The molecule has 1 amide bonds. The van der Waals surface area contributed by atoms with Crippen molar-refractivity contribution in [2.45, 2.75) is 19.4 Å². The molecular weight excluding hydrogens is 232 g/mol. The third-order valence-electron chi connectivity index (χ3n) is 2.87. The van der Waals surface area contributed by atoms with Crippen LogP contribution >= 0.6 is 0 Å². The van der Waals surface area contributed by atoms with E-state index in [4.69, 9.17) is 15.2 Å². The summed E-state index contributed by atoms with van der Waals surface area (Å²) in [5.41, 5.74) is 7.80. The highest BCUT2D eigenvalue weighted by Crippen LogP contribution is 2.30. The summed E-state index contributed by atoms with van der Waals surface area (Å²) in [5.74, 6) is 1.14. The molecule has 3 N–H and O–H groups in total. The first-order valence-corrected chi connectivity index (χ1v) is 5.72. The number of hydrogen-bond donors (Lipinski definition) is 2. The van der Waals surface area contributed by atoms with E-state index < -0.39 is 6.04 Å². The van der Waals surface area contributed by atoms with E-state index in [1.54, 1.807) is 21.3 Å². The molecule has 1 aromatic rings. The Kier molecular flexibility index (Phi) is 4.97.